The molecule has 0 atom stereocenters. The lowest BCUT2D eigenvalue weighted by molar-refractivity contribution is 0.562. The van der Waals surface area contributed by atoms with E-state index in [0.29, 0.717) is 16.2 Å². The van der Waals surface area contributed by atoms with E-state index < -0.39 is 0 Å². The molecule has 0 fully saturated rings. The number of hydrogen-bond donors (Lipinski definition) is 0. The molecule has 3 rings (SSSR count). The van der Waals surface area contributed by atoms with Crippen LogP contribution in [0.3, 0.4) is 0 Å². The highest BCUT2D eigenvalue weighted by atomic mass is 35.5. The number of para-hydroxylation sites is 1. The van der Waals surface area contributed by atoms with Gasteiger partial charge in [-0.25, -0.2) is 4.79 Å². The normalized spacial score (nSPS) is 10.8. The molecule has 0 unspecified atom stereocenters. The Morgan fingerprint density at radius 1 is 1.00 bits per heavy atom. The third kappa shape index (κ3) is 1.94. The molecule has 1 heterocycles. The van der Waals surface area contributed by atoms with Gasteiger partial charge in [0.2, 0.25) is 0 Å². The minimum absolute atomic E-state index is 0.357. The van der Waals surface area contributed by atoms with Gasteiger partial charge in [-0.1, -0.05) is 54.1 Å². The first-order valence-electron chi connectivity index (χ1n) is 5.96. The number of rotatable bonds is 1. The molecule has 0 aliphatic heterocycles. The SMILES string of the molecule is Cc1c(-c2ccccc2)c(=O)oc2c(Cl)cccc12. The molecule has 0 aliphatic rings. The zero-order valence-electron chi connectivity index (χ0n) is 10.3. The van der Waals surface area contributed by atoms with Crippen molar-refractivity contribution in [2.24, 2.45) is 0 Å². The Bertz CT molecular complexity index is 804. The van der Waals surface area contributed by atoms with Crippen LogP contribution in [0.2, 0.25) is 5.02 Å². The van der Waals surface area contributed by atoms with E-state index in [1.54, 1.807) is 6.07 Å². The first kappa shape index (κ1) is 12.0. The van der Waals surface area contributed by atoms with Crippen LogP contribution in [0.1, 0.15) is 5.56 Å². The van der Waals surface area contributed by atoms with E-state index in [9.17, 15) is 4.79 Å². The fourth-order valence-electron chi connectivity index (χ4n) is 2.28. The molecule has 3 heteroatoms. The van der Waals surface area contributed by atoms with E-state index >= 15 is 0 Å². The maximum atomic E-state index is 12.2. The largest absolute Gasteiger partial charge is 0.421 e. The Morgan fingerprint density at radius 3 is 2.47 bits per heavy atom. The second-order valence-electron chi connectivity index (χ2n) is 4.37. The molecule has 2 aromatic carbocycles. The van der Waals surface area contributed by atoms with Crippen LogP contribution in [0.5, 0.6) is 0 Å². The van der Waals surface area contributed by atoms with Gasteiger partial charge >= 0.3 is 5.63 Å². The van der Waals surface area contributed by atoms with Gasteiger partial charge in [-0.2, -0.15) is 0 Å². The van der Waals surface area contributed by atoms with Gasteiger partial charge in [0.1, 0.15) is 0 Å². The van der Waals surface area contributed by atoms with Gasteiger partial charge in [-0.3, -0.25) is 0 Å². The van der Waals surface area contributed by atoms with Crippen LogP contribution in [0.15, 0.2) is 57.7 Å². The molecule has 94 valence electrons. The van der Waals surface area contributed by atoms with Gasteiger partial charge in [-0.05, 0) is 24.1 Å². The molecule has 0 bridgehead atoms. The van der Waals surface area contributed by atoms with E-state index in [2.05, 4.69) is 0 Å². The highest BCUT2D eigenvalue weighted by Crippen LogP contribution is 2.29. The average molecular weight is 271 g/mol. The molecule has 0 saturated heterocycles. The smallest absolute Gasteiger partial charge is 0.344 e. The molecule has 19 heavy (non-hydrogen) atoms. The lowest BCUT2D eigenvalue weighted by Crippen LogP contribution is -2.06. The molecule has 2 nitrogen and oxygen atoms in total. The van der Waals surface area contributed by atoms with Crippen LogP contribution in [0.4, 0.5) is 0 Å². The predicted octanol–water partition coefficient (Wildman–Crippen LogP) is 4.42. The highest BCUT2D eigenvalue weighted by Gasteiger charge is 2.14. The molecule has 0 aliphatic carbocycles. The molecule has 0 N–H and O–H groups in total. The molecule has 0 amide bonds. The number of hydrogen-bond acceptors (Lipinski definition) is 2. The van der Waals surface area contributed by atoms with Crippen LogP contribution in [0.25, 0.3) is 22.1 Å². The standard InChI is InChI=1S/C16H11ClO2/c1-10-12-8-5-9-13(17)15(12)19-16(18)14(10)11-6-3-2-4-7-11/h2-9H,1H3. The van der Waals surface area contributed by atoms with Crippen molar-refractivity contribution in [3.8, 4) is 11.1 Å². The lowest BCUT2D eigenvalue weighted by Gasteiger charge is -2.08. The summed E-state index contributed by atoms with van der Waals surface area (Å²) in [4.78, 5) is 12.2. The van der Waals surface area contributed by atoms with Gasteiger partial charge in [0, 0.05) is 5.39 Å². The van der Waals surface area contributed by atoms with Crippen LogP contribution in [-0.2, 0) is 0 Å². The summed E-state index contributed by atoms with van der Waals surface area (Å²) in [5, 5.41) is 1.32. The van der Waals surface area contributed by atoms with Crippen molar-refractivity contribution in [2.75, 3.05) is 0 Å². The van der Waals surface area contributed by atoms with E-state index in [1.807, 2.05) is 49.4 Å². The summed E-state index contributed by atoms with van der Waals surface area (Å²) in [6.07, 6.45) is 0. The van der Waals surface area contributed by atoms with Crippen molar-refractivity contribution in [1.82, 2.24) is 0 Å². The molecular formula is C16H11ClO2. The quantitative estimate of drug-likeness (QED) is 0.613. The van der Waals surface area contributed by atoms with Crippen molar-refractivity contribution >= 4 is 22.6 Å². The van der Waals surface area contributed by atoms with E-state index in [1.165, 1.54) is 0 Å². The number of fused-ring (bicyclic) bond motifs is 1. The minimum atomic E-state index is -0.357. The van der Waals surface area contributed by atoms with Crippen LogP contribution in [0, 0.1) is 6.92 Å². The topological polar surface area (TPSA) is 30.2 Å². The van der Waals surface area contributed by atoms with Gasteiger partial charge in [0.15, 0.2) is 5.58 Å². The molecule has 0 radical (unpaired) electrons. The first-order chi connectivity index (χ1) is 9.18. The maximum Gasteiger partial charge on any atom is 0.344 e. The Hall–Kier alpha value is -2.06. The first-order valence-corrected chi connectivity index (χ1v) is 6.33. The summed E-state index contributed by atoms with van der Waals surface area (Å²) in [6, 6.07) is 15.0. The second-order valence-corrected chi connectivity index (χ2v) is 4.78. The summed E-state index contributed by atoms with van der Waals surface area (Å²) in [5.74, 6) is 0. The third-order valence-electron chi connectivity index (χ3n) is 3.21. The molecule has 0 spiro atoms. The number of benzene rings is 2. The van der Waals surface area contributed by atoms with Gasteiger partial charge in [0.25, 0.3) is 0 Å². The summed E-state index contributed by atoms with van der Waals surface area (Å²) >= 11 is 6.07. The predicted molar refractivity (Wildman–Crippen MR) is 77.7 cm³/mol. The fraction of sp³-hybridized carbons (Fsp3) is 0.0625. The summed E-state index contributed by atoms with van der Waals surface area (Å²) in [6.45, 7) is 1.91. The maximum absolute atomic E-state index is 12.2. The number of aryl methyl sites for hydroxylation is 1. The van der Waals surface area contributed by atoms with E-state index in [4.69, 9.17) is 16.0 Å². The van der Waals surface area contributed by atoms with E-state index in [-0.39, 0.29) is 5.63 Å². The van der Waals surface area contributed by atoms with Crippen molar-refractivity contribution in [3.63, 3.8) is 0 Å². The average Bonchev–Trinajstić information content (AvgIpc) is 2.41. The molecule has 1 aromatic heterocycles. The lowest BCUT2D eigenvalue weighted by atomic mass is 10.00. The van der Waals surface area contributed by atoms with Gasteiger partial charge in [0.05, 0.1) is 10.6 Å². The van der Waals surface area contributed by atoms with E-state index in [0.717, 1.165) is 16.5 Å². The Labute approximate surface area is 115 Å². The molecule has 0 saturated carbocycles. The monoisotopic (exact) mass is 270 g/mol. The Balaban J connectivity index is 2.43. The highest BCUT2D eigenvalue weighted by molar-refractivity contribution is 6.34. The summed E-state index contributed by atoms with van der Waals surface area (Å²) in [5.41, 5.74) is 2.43. The van der Waals surface area contributed by atoms with Crippen molar-refractivity contribution in [1.29, 1.82) is 0 Å². The molecular weight excluding hydrogens is 260 g/mol. The van der Waals surface area contributed by atoms with Crippen LogP contribution in [-0.4, -0.2) is 0 Å². The summed E-state index contributed by atoms with van der Waals surface area (Å²) < 4.78 is 5.37. The van der Waals surface area contributed by atoms with Crippen LogP contribution < -0.4 is 5.63 Å². The van der Waals surface area contributed by atoms with Crippen molar-refractivity contribution in [3.05, 3.63) is 69.5 Å². The van der Waals surface area contributed by atoms with Gasteiger partial charge < -0.3 is 4.42 Å². The van der Waals surface area contributed by atoms with Gasteiger partial charge in [-0.15, -0.1) is 0 Å². The Kier molecular flexibility index (Phi) is 2.88. The summed E-state index contributed by atoms with van der Waals surface area (Å²) in [7, 11) is 0. The van der Waals surface area contributed by atoms with Crippen molar-refractivity contribution < 1.29 is 4.42 Å². The molecule has 3 aromatic rings. The zero-order valence-corrected chi connectivity index (χ0v) is 11.1. The minimum Gasteiger partial charge on any atom is -0.421 e. The Morgan fingerprint density at radius 2 is 1.74 bits per heavy atom. The zero-order chi connectivity index (χ0) is 13.4. The van der Waals surface area contributed by atoms with Crippen LogP contribution >= 0.6 is 11.6 Å². The second kappa shape index (κ2) is 4.56. The third-order valence-corrected chi connectivity index (χ3v) is 3.50. The van der Waals surface area contributed by atoms with Crippen molar-refractivity contribution in [2.45, 2.75) is 6.92 Å². The number of halogens is 1. The fourth-order valence-corrected chi connectivity index (χ4v) is 2.49.